The molecule has 7 nitrogen and oxygen atoms in total. The number of nitrogens with zero attached hydrogens (tertiary/aromatic N) is 1. The second-order valence-electron chi connectivity index (χ2n) is 4.93. The van der Waals surface area contributed by atoms with Crippen LogP contribution in [0.5, 0.6) is 17.2 Å². The average Bonchev–Trinajstić information content (AvgIpc) is 3.11. The average molecular weight is 345 g/mol. The Morgan fingerprint density at radius 2 is 1.76 bits per heavy atom. The van der Waals surface area contributed by atoms with Gasteiger partial charge in [-0.2, -0.15) is 5.10 Å². The van der Waals surface area contributed by atoms with Crippen LogP contribution in [0.3, 0.4) is 0 Å². The highest BCUT2D eigenvalue weighted by molar-refractivity contribution is 5.96. The number of H-pyrrole nitrogens is 1. The van der Waals surface area contributed by atoms with E-state index in [0.717, 1.165) is 5.69 Å². The van der Waals surface area contributed by atoms with Crippen LogP contribution in [0.15, 0.2) is 35.6 Å². The Morgan fingerprint density at radius 3 is 2.28 bits per heavy atom. The number of nitrogens with one attached hydrogen (secondary N) is 2. The summed E-state index contributed by atoms with van der Waals surface area (Å²) in [5.41, 5.74) is 3.65. The molecule has 2 aromatic rings. The van der Waals surface area contributed by atoms with Gasteiger partial charge in [0.1, 0.15) is 0 Å². The molecule has 0 atom stereocenters. The van der Waals surface area contributed by atoms with Crippen LogP contribution in [-0.2, 0) is 0 Å². The number of hydrogen-bond donors (Lipinski definition) is 2. The second kappa shape index (κ2) is 9.36. The van der Waals surface area contributed by atoms with Crippen LogP contribution in [0.2, 0.25) is 0 Å². The summed E-state index contributed by atoms with van der Waals surface area (Å²) in [5.74, 6) is 1.06. The van der Waals surface area contributed by atoms with E-state index in [1.54, 1.807) is 18.3 Å². The fourth-order valence-electron chi connectivity index (χ4n) is 2.17. The Labute approximate surface area is 147 Å². The van der Waals surface area contributed by atoms with Crippen molar-refractivity contribution in [2.24, 2.45) is 5.10 Å². The molecular formula is C18H23N3O4. The predicted octanol–water partition coefficient (Wildman–Crippen LogP) is 2.97. The molecule has 7 heteroatoms. The number of hydrazone groups is 1. The molecule has 0 bridgehead atoms. The highest BCUT2D eigenvalue weighted by Crippen LogP contribution is 2.39. The van der Waals surface area contributed by atoms with Crippen molar-refractivity contribution >= 4 is 12.1 Å². The van der Waals surface area contributed by atoms with Crippen LogP contribution in [-0.4, -0.2) is 36.9 Å². The van der Waals surface area contributed by atoms with Crippen molar-refractivity contribution in [2.75, 3.05) is 19.8 Å². The molecule has 0 saturated carbocycles. The van der Waals surface area contributed by atoms with E-state index in [1.807, 2.05) is 32.9 Å². The molecule has 1 aromatic carbocycles. The van der Waals surface area contributed by atoms with E-state index in [9.17, 15) is 4.79 Å². The molecule has 1 aromatic heterocycles. The zero-order chi connectivity index (χ0) is 18.1. The zero-order valence-electron chi connectivity index (χ0n) is 14.7. The van der Waals surface area contributed by atoms with Gasteiger partial charge in [-0.1, -0.05) is 0 Å². The van der Waals surface area contributed by atoms with E-state index < -0.39 is 0 Å². The number of carbonyl (C=O) groups is 1. The number of benzene rings is 1. The van der Waals surface area contributed by atoms with Crippen molar-refractivity contribution in [1.29, 1.82) is 0 Å². The van der Waals surface area contributed by atoms with Gasteiger partial charge in [-0.05, 0) is 45.0 Å². The maximum atomic E-state index is 12.4. The smallest absolute Gasteiger partial charge is 0.271 e. The summed E-state index contributed by atoms with van der Waals surface area (Å²) >= 11 is 0. The molecule has 0 radical (unpaired) electrons. The van der Waals surface area contributed by atoms with Crippen molar-refractivity contribution in [3.05, 3.63) is 41.7 Å². The molecule has 2 N–H and O–H groups in total. The highest BCUT2D eigenvalue weighted by Gasteiger charge is 2.18. The first kappa shape index (κ1) is 18.4. The summed E-state index contributed by atoms with van der Waals surface area (Å²) in [4.78, 5) is 15.3. The number of hydrogen-bond acceptors (Lipinski definition) is 5. The van der Waals surface area contributed by atoms with Gasteiger partial charge in [0.15, 0.2) is 11.5 Å². The van der Waals surface area contributed by atoms with Crippen molar-refractivity contribution in [3.8, 4) is 17.2 Å². The number of aromatic amines is 1. The molecule has 134 valence electrons. The molecule has 1 amide bonds. The van der Waals surface area contributed by atoms with Crippen LogP contribution in [0, 0.1) is 0 Å². The number of amides is 1. The Bertz CT molecular complexity index is 684. The molecule has 0 saturated heterocycles. The lowest BCUT2D eigenvalue weighted by Gasteiger charge is -2.16. The zero-order valence-corrected chi connectivity index (χ0v) is 14.7. The lowest BCUT2D eigenvalue weighted by atomic mass is 10.1. The normalized spacial score (nSPS) is 10.7. The van der Waals surface area contributed by atoms with Gasteiger partial charge in [0.2, 0.25) is 5.75 Å². The summed E-state index contributed by atoms with van der Waals surface area (Å²) in [5, 5.41) is 3.93. The number of carbonyl (C=O) groups excluding carboxylic acids is 1. The Morgan fingerprint density at radius 1 is 1.12 bits per heavy atom. The van der Waals surface area contributed by atoms with Crippen LogP contribution in [0.4, 0.5) is 0 Å². The van der Waals surface area contributed by atoms with Gasteiger partial charge in [-0.3, -0.25) is 4.79 Å². The maximum absolute atomic E-state index is 12.4. The minimum absolute atomic E-state index is 0.368. The van der Waals surface area contributed by atoms with Crippen molar-refractivity contribution in [2.45, 2.75) is 20.8 Å². The SMILES string of the molecule is CCOc1cc(C(=O)N/N=C/c2ccc[nH]2)cc(OCC)c1OCC. The molecule has 2 rings (SSSR count). The van der Waals surface area contributed by atoms with Gasteiger partial charge >= 0.3 is 0 Å². The molecule has 0 aliphatic carbocycles. The lowest BCUT2D eigenvalue weighted by Crippen LogP contribution is -2.18. The molecule has 1 heterocycles. The molecule has 25 heavy (non-hydrogen) atoms. The minimum Gasteiger partial charge on any atom is -0.490 e. The van der Waals surface area contributed by atoms with Gasteiger partial charge < -0.3 is 19.2 Å². The molecule has 0 spiro atoms. The van der Waals surface area contributed by atoms with Gasteiger partial charge in [0, 0.05) is 11.8 Å². The number of ether oxygens (including phenoxy) is 3. The highest BCUT2D eigenvalue weighted by atomic mass is 16.5. The van der Waals surface area contributed by atoms with E-state index in [2.05, 4.69) is 15.5 Å². The third-order valence-electron chi connectivity index (χ3n) is 3.16. The number of aromatic nitrogens is 1. The van der Waals surface area contributed by atoms with E-state index in [0.29, 0.717) is 42.6 Å². The standard InChI is InChI=1S/C18H23N3O4/c1-4-23-15-10-13(11-16(24-5-2)17(15)25-6-3)18(22)21-20-12-14-8-7-9-19-14/h7-12,19H,4-6H2,1-3H3,(H,21,22)/b20-12+. The topological polar surface area (TPSA) is 84.9 Å². The predicted molar refractivity (Wildman–Crippen MR) is 95.8 cm³/mol. The molecule has 0 fully saturated rings. The van der Waals surface area contributed by atoms with Gasteiger partial charge in [0.05, 0.1) is 31.7 Å². The molecule has 0 unspecified atom stereocenters. The quantitative estimate of drug-likeness (QED) is 0.540. The number of rotatable bonds is 9. The third-order valence-corrected chi connectivity index (χ3v) is 3.16. The monoisotopic (exact) mass is 345 g/mol. The van der Waals surface area contributed by atoms with Gasteiger partial charge in [0.25, 0.3) is 5.91 Å². The fraction of sp³-hybridized carbons (Fsp3) is 0.333. The van der Waals surface area contributed by atoms with E-state index >= 15 is 0 Å². The van der Waals surface area contributed by atoms with E-state index in [1.165, 1.54) is 6.21 Å². The Hall–Kier alpha value is -2.96. The molecule has 0 aliphatic rings. The van der Waals surface area contributed by atoms with Gasteiger partial charge in [-0.25, -0.2) is 5.43 Å². The summed E-state index contributed by atoms with van der Waals surface area (Å²) in [6.45, 7) is 6.96. The summed E-state index contributed by atoms with van der Waals surface area (Å²) in [7, 11) is 0. The maximum Gasteiger partial charge on any atom is 0.271 e. The van der Waals surface area contributed by atoms with Crippen LogP contribution in [0.1, 0.15) is 36.8 Å². The Kier molecular flexibility index (Phi) is 6.88. The first-order valence-corrected chi connectivity index (χ1v) is 8.22. The minimum atomic E-state index is -0.368. The summed E-state index contributed by atoms with van der Waals surface area (Å²) in [6.07, 6.45) is 3.30. The van der Waals surface area contributed by atoms with Crippen LogP contribution < -0.4 is 19.6 Å². The summed E-state index contributed by atoms with van der Waals surface area (Å²) < 4.78 is 16.8. The van der Waals surface area contributed by atoms with Crippen molar-refractivity contribution < 1.29 is 19.0 Å². The Balaban J connectivity index is 2.24. The molecule has 0 aliphatic heterocycles. The first-order chi connectivity index (χ1) is 12.2. The van der Waals surface area contributed by atoms with Gasteiger partial charge in [-0.15, -0.1) is 0 Å². The van der Waals surface area contributed by atoms with E-state index in [-0.39, 0.29) is 5.91 Å². The summed E-state index contributed by atoms with van der Waals surface area (Å²) in [6, 6.07) is 6.93. The van der Waals surface area contributed by atoms with Crippen LogP contribution in [0.25, 0.3) is 0 Å². The third kappa shape index (κ3) is 5.00. The van der Waals surface area contributed by atoms with Crippen molar-refractivity contribution in [3.63, 3.8) is 0 Å². The molecular weight excluding hydrogens is 322 g/mol. The van der Waals surface area contributed by atoms with Crippen molar-refractivity contribution in [1.82, 2.24) is 10.4 Å². The lowest BCUT2D eigenvalue weighted by molar-refractivity contribution is 0.0954. The fourth-order valence-corrected chi connectivity index (χ4v) is 2.17. The van der Waals surface area contributed by atoms with Crippen LogP contribution >= 0.6 is 0 Å². The largest absolute Gasteiger partial charge is 0.490 e. The first-order valence-electron chi connectivity index (χ1n) is 8.22. The van der Waals surface area contributed by atoms with E-state index in [4.69, 9.17) is 14.2 Å². The second-order valence-corrected chi connectivity index (χ2v) is 4.93.